The lowest BCUT2D eigenvalue weighted by atomic mass is 9.95. The predicted octanol–water partition coefficient (Wildman–Crippen LogP) is 2.40. The van der Waals surface area contributed by atoms with E-state index >= 15 is 0 Å². The first-order valence-corrected chi connectivity index (χ1v) is 6.10. The van der Waals surface area contributed by atoms with Crippen LogP contribution in [-0.2, 0) is 6.42 Å². The molecule has 0 aromatic heterocycles. The molecule has 98 valence electrons. The van der Waals surface area contributed by atoms with Gasteiger partial charge in [0.15, 0.2) is 0 Å². The van der Waals surface area contributed by atoms with Crippen molar-refractivity contribution in [3.63, 3.8) is 0 Å². The third-order valence-electron chi connectivity index (χ3n) is 3.03. The Hall–Kier alpha value is -1.84. The number of unbranched alkanes of at least 4 members (excludes halogenated alkanes) is 1. The van der Waals surface area contributed by atoms with Gasteiger partial charge in [0.25, 0.3) is 5.91 Å². The highest BCUT2D eigenvalue weighted by molar-refractivity contribution is 5.98. The summed E-state index contributed by atoms with van der Waals surface area (Å²) in [4.78, 5) is 22.8. The van der Waals surface area contributed by atoms with Crippen molar-refractivity contribution in [3.8, 4) is 0 Å². The molecule has 0 spiro atoms. The van der Waals surface area contributed by atoms with Crippen LogP contribution in [0.25, 0.3) is 0 Å². The van der Waals surface area contributed by atoms with Crippen LogP contribution >= 0.6 is 0 Å². The summed E-state index contributed by atoms with van der Waals surface area (Å²) in [6, 6.07) is 3.22. The summed E-state index contributed by atoms with van der Waals surface area (Å²) in [6.45, 7) is 3.87. The fourth-order valence-electron chi connectivity index (χ4n) is 1.90. The topological polar surface area (TPSA) is 66.4 Å². The second kappa shape index (κ2) is 6.19. The molecule has 0 bridgehead atoms. The Balaban J connectivity index is 3.27. The lowest BCUT2D eigenvalue weighted by Crippen LogP contribution is -2.19. The minimum atomic E-state index is -0.990. The number of hydrogen-bond donors (Lipinski definition) is 2. The van der Waals surface area contributed by atoms with Gasteiger partial charge in [0.1, 0.15) is 0 Å². The predicted molar refractivity (Wildman–Crippen MR) is 70.1 cm³/mol. The molecule has 2 N–H and O–H groups in total. The van der Waals surface area contributed by atoms with Crippen molar-refractivity contribution < 1.29 is 14.7 Å². The summed E-state index contributed by atoms with van der Waals surface area (Å²) < 4.78 is 0. The second-order valence-electron chi connectivity index (χ2n) is 4.30. The molecule has 1 aromatic carbocycles. The van der Waals surface area contributed by atoms with Gasteiger partial charge in [-0.3, -0.25) is 4.79 Å². The van der Waals surface area contributed by atoms with Gasteiger partial charge in [-0.2, -0.15) is 0 Å². The highest BCUT2D eigenvalue weighted by atomic mass is 16.4. The highest BCUT2D eigenvalue weighted by Crippen LogP contribution is 2.19. The van der Waals surface area contributed by atoms with E-state index in [9.17, 15) is 9.59 Å². The lowest BCUT2D eigenvalue weighted by molar-refractivity contribution is 0.0696. The second-order valence-corrected chi connectivity index (χ2v) is 4.30. The van der Waals surface area contributed by atoms with E-state index in [-0.39, 0.29) is 11.5 Å². The molecular weight excluding hydrogens is 230 g/mol. The first kappa shape index (κ1) is 14.2. The van der Waals surface area contributed by atoms with E-state index in [1.54, 1.807) is 13.0 Å². The lowest BCUT2D eigenvalue weighted by Gasteiger charge is -2.11. The molecular formula is C14H19NO3. The quantitative estimate of drug-likeness (QED) is 0.842. The summed E-state index contributed by atoms with van der Waals surface area (Å²) >= 11 is 0. The van der Waals surface area contributed by atoms with Crippen LogP contribution in [0.15, 0.2) is 12.1 Å². The third kappa shape index (κ3) is 3.09. The molecule has 0 saturated heterocycles. The Morgan fingerprint density at radius 2 is 2.00 bits per heavy atom. The maximum absolute atomic E-state index is 11.6. The van der Waals surface area contributed by atoms with Gasteiger partial charge in [-0.15, -0.1) is 0 Å². The summed E-state index contributed by atoms with van der Waals surface area (Å²) in [6.07, 6.45) is 2.82. The summed E-state index contributed by atoms with van der Waals surface area (Å²) in [5.41, 5.74) is 2.31. The molecule has 0 fully saturated rings. The normalized spacial score (nSPS) is 10.2. The van der Waals surface area contributed by atoms with Crippen LogP contribution in [0.1, 0.15) is 51.6 Å². The molecule has 4 nitrogen and oxygen atoms in total. The van der Waals surface area contributed by atoms with Gasteiger partial charge in [0.2, 0.25) is 0 Å². The van der Waals surface area contributed by atoms with Crippen molar-refractivity contribution in [2.24, 2.45) is 0 Å². The highest BCUT2D eigenvalue weighted by Gasteiger charge is 2.15. The monoisotopic (exact) mass is 249 g/mol. The molecule has 0 unspecified atom stereocenters. The van der Waals surface area contributed by atoms with E-state index in [0.29, 0.717) is 5.56 Å². The van der Waals surface area contributed by atoms with Crippen molar-refractivity contribution >= 4 is 11.9 Å². The average Bonchev–Trinajstić information content (AvgIpc) is 2.36. The maximum Gasteiger partial charge on any atom is 0.335 e. The van der Waals surface area contributed by atoms with Gasteiger partial charge in [0.05, 0.1) is 5.56 Å². The van der Waals surface area contributed by atoms with Crippen LogP contribution in [0, 0.1) is 6.92 Å². The fourth-order valence-corrected chi connectivity index (χ4v) is 1.90. The maximum atomic E-state index is 11.6. The Bertz CT molecular complexity index is 466. The van der Waals surface area contributed by atoms with E-state index < -0.39 is 5.97 Å². The summed E-state index contributed by atoms with van der Waals surface area (Å²) in [7, 11) is 1.54. The minimum Gasteiger partial charge on any atom is -0.478 e. The fraction of sp³-hybridized carbons (Fsp3) is 0.429. The molecule has 0 aliphatic rings. The number of carbonyl (C=O) groups excluding carboxylic acids is 1. The Morgan fingerprint density at radius 3 is 2.50 bits per heavy atom. The number of hydrogen-bond acceptors (Lipinski definition) is 2. The molecule has 0 aliphatic carbocycles. The van der Waals surface area contributed by atoms with Gasteiger partial charge in [-0.05, 0) is 43.0 Å². The van der Waals surface area contributed by atoms with Crippen LogP contribution in [0.4, 0.5) is 0 Å². The summed E-state index contributed by atoms with van der Waals surface area (Å²) in [5.74, 6) is -1.24. The van der Waals surface area contributed by atoms with E-state index in [1.807, 2.05) is 0 Å². The van der Waals surface area contributed by atoms with Crippen LogP contribution in [0.3, 0.4) is 0 Å². The molecule has 18 heavy (non-hydrogen) atoms. The molecule has 0 atom stereocenters. The zero-order valence-electron chi connectivity index (χ0n) is 11.0. The van der Waals surface area contributed by atoms with E-state index in [2.05, 4.69) is 12.2 Å². The van der Waals surface area contributed by atoms with Crippen LogP contribution in [0.5, 0.6) is 0 Å². The van der Waals surface area contributed by atoms with Crippen molar-refractivity contribution in [3.05, 3.63) is 34.4 Å². The average molecular weight is 249 g/mol. The largest absolute Gasteiger partial charge is 0.478 e. The number of rotatable bonds is 5. The molecule has 0 saturated carbocycles. The third-order valence-corrected chi connectivity index (χ3v) is 3.03. The Labute approximate surface area is 107 Å². The number of carboxylic acids is 1. The number of benzene rings is 1. The first-order chi connectivity index (χ1) is 8.51. The molecule has 1 aromatic rings. The minimum absolute atomic E-state index is 0.210. The van der Waals surface area contributed by atoms with Crippen molar-refractivity contribution in [1.82, 2.24) is 5.32 Å². The molecule has 1 rings (SSSR count). The zero-order valence-corrected chi connectivity index (χ0v) is 11.0. The van der Waals surface area contributed by atoms with Gasteiger partial charge in [0, 0.05) is 12.6 Å². The Morgan fingerprint density at radius 1 is 1.33 bits per heavy atom. The molecule has 0 heterocycles. The number of nitrogens with one attached hydrogen (secondary N) is 1. The van der Waals surface area contributed by atoms with E-state index in [4.69, 9.17) is 5.11 Å². The van der Waals surface area contributed by atoms with Gasteiger partial charge < -0.3 is 10.4 Å². The first-order valence-electron chi connectivity index (χ1n) is 6.10. The number of carbonyl (C=O) groups is 2. The number of aromatic carboxylic acids is 1. The van der Waals surface area contributed by atoms with Crippen LogP contribution in [0.2, 0.25) is 0 Å². The number of carboxylic acid groups (broad SMARTS) is 1. The van der Waals surface area contributed by atoms with Crippen LogP contribution < -0.4 is 5.32 Å². The summed E-state index contributed by atoms with van der Waals surface area (Å²) in [5, 5.41) is 11.7. The molecule has 0 aliphatic heterocycles. The van der Waals surface area contributed by atoms with Gasteiger partial charge >= 0.3 is 5.97 Å². The van der Waals surface area contributed by atoms with E-state index in [1.165, 1.54) is 13.1 Å². The number of aryl methyl sites for hydroxylation is 1. The smallest absolute Gasteiger partial charge is 0.335 e. The molecule has 1 amide bonds. The molecule has 4 heteroatoms. The standard InChI is InChI=1S/C14H19NO3/c1-4-5-6-10-7-11(13(16)15-3)8-12(9(10)2)14(17)18/h7-8H,4-6H2,1-3H3,(H,15,16)(H,17,18). The Kier molecular flexibility index (Phi) is 4.89. The van der Waals surface area contributed by atoms with E-state index in [0.717, 1.165) is 30.4 Å². The van der Waals surface area contributed by atoms with Crippen molar-refractivity contribution in [2.45, 2.75) is 33.1 Å². The SMILES string of the molecule is CCCCc1cc(C(=O)NC)cc(C(=O)O)c1C. The van der Waals surface area contributed by atoms with Gasteiger partial charge in [-0.1, -0.05) is 13.3 Å². The molecule has 0 radical (unpaired) electrons. The number of amides is 1. The van der Waals surface area contributed by atoms with Gasteiger partial charge in [-0.25, -0.2) is 4.79 Å². The zero-order chi connectivity index (χ0) is 13.7. The van der Waals surface area contributed by atoms with Crippen LogP contribution in [-0.4, -0.2) is 24.0 Å². The van der Waals surface area contributed by atoms with Crippen molar-refractivity contribution in [2.75, 3.05) is 7.05 Å². The van der Waals surface area contributed by atoms with Crippen molar-refractivity contribution in [1.29, 1.82) is 0 Å².